The molecule has 0 saturated carbocycles. The second-order valence-electron chi connectivity index (χ2n) is 5.28. The highest BCUT2D eigenvalue weighted by Gasteiger charge is 2.15. The number of amides is 1. The van der Waals surface area contributed by atoms with Crippen LogP contribution in [0.15, 0.2) is 18.2 Å². The number of methoxy groups -OCH3 is 1. The summed E-state index contributed by atoms with van der Waals surface area (Å²) >= 11 is 0. The number of carbonyl (C=O) groups is 1. The van der Waals surface area contributed by atoms with E-state index in [9.17, 15) is 4.79 Å². The lowest BCUT2D eigenvalue weighted by Gasteiger charge is -2.20. The standard InChI is InChI=1S/C16H24N2O3/c1-3-8-17-13(10-20-2)11-21-14-5-6-15-12(9-14)4-7-16(19)18-15/h5-6,9,13,17H,3-4,7-8,10-11H2,1-2H3,(H,18,19). The van der Waals surface area contributed by atoms with Gasteiger partial charge in [-0.2, -0.15) is 0 Å². The predicted octanol–water partition coefficient (Wildman–Crippen LogP) is 1.96. The molecule has 1 aromatic rings. The number of rotatable bonds is 8. The smallest absolute Gasteiger partial charge is 0.224 e. The van der Waals surface area contributed by atoms with Gasteiger partial charge in [0.05, 0.1) is 12.6 Å². The Morgan fingerprint density at radius 2 is 2.19 bits per heavy atom. The highest BCUT2D eigenvalue weighted by Crippen LogP contribution is 2.26. The number of anilines is 1. The van der Waals surface area contributed by atoms with Gasteiger partial charge in [0.15, 0.2) is 0 Å². The minimum Gasteiger partial charge on any atom is -0.492 e. The number of ether oxygens (including phenoxy) is 2. The SMILES string of the molecule is CCCNC(COC)COc1ccc2c(c1)CCC(=O)N2. The maximum absolute atomic E-state index is 11.3. The third-order valence-corrected chi connectivity index (χ3v) is 3.47. The first-order chi connectivity index (χ1) is 10.2. The van der Waals surface area contributed by atoms with Crippen molar-refractivity contribution in [2.45, 2.75) is 32.2 Å². The molecule has 1 aliphatic heterocycles. The summed E-state index contributed by atoms with van der Waals surface area (Å²) in [5.41, 5.74) is 2.04. The number of hydrogen-bond donors (Lipinski definition) is 2. The molecule has 1 unspecified atom stereocenters. The number of fused-ring (bicyclic) bond motifs is 1. The maximum Gasteiger partial charge on any atom is 0.224 e. The molecular formula is C16H24N2O3. The van der Waals surface area contributed by atoms with Crippen LogP contribution in [0.3, 0.4) is 0 Å². The fourth-order valence-electron chi connectivity index (χ4n) is 2.36. The Labute approximate surface area is 126 Å². The molecule has 1 aromatic carbocycles. The largest absolute Gasteiger partial charge is 0.492 e. The molecule has 0 fully saturated rings. The Morgan fingerprint density at radius 1 is 1.33 bits per heavy atom. The average molecular weight is 292 g/mol. The second-order valence-corrected chi connectivity index (χ2v) is 5.28. The summed E-state index contributed by atoms with van der Waals surface area (Å²) in [4.78, 5) is 11.3. The third-order valence-electron chi connectivity index (χ3n) is 3.47. The van der Waals surface area contributed by atoms with Crippen LogP contribution in [0, 0.1) is 0 Å². The van der Waals surface area contributed by atoms with Crippen LogP contribution in [0.25, 0.3) is 0 Å². The molecule has 5 nitrogen and oxygen atoms in total. The van der Waals surface area contributed by atoms with E-state index in [0.717, 1.165) is 36.4 Å². The number of aryl methyl sites for hydroxylation is 1. The van der Waals surface area contributed by atoms with E-state index in [1.807, 2.05) is 18.2 Å². The summed E-state index contributed by atoms with van der Waals surface area (Å²) in [6.07, 6.45) is 2.40. The molecule has 21 heavy (non-hydrogen) atoms. The summed E-state index contributed by atoms with van der Waals surface area (Å²) in [7, 11) is 1.70. The van der Waals surface area contributed by atoms with Gasteiger partial charge < -0.3 is 20.1 Å². The van der Waals surface area contributed by atoms with Crippen molar-refractivity contribution in [3.8, 4) is 5.75 Å². The molecule has 1 heterocycles. The molecule has 1 atom stereocenters. The Kier molecular flexibility index (Phi) is 6.02. The first-order valence-corrected chi connectivity index (χ1v) is 7.50. The van der Waals surface area contributed by atoms with Gasteiger partial charge in [-0.15, -0.1) is 0 Å². The molecular weight excluding hydrogens is 268 g/mol. The van der Waals surface area contributed by atoms with Gasteiger partial charge in [-0.1, -0.05) is 6.92 Å². The van der Waals surface area contributed by atoms with Crippen molar-refractivity contribution in [1.82, 2.24) is 5.32 Å². The summed E-state index contributed by atoms with van der Waals surface area (Å²) in [5.74, 6) is 0.921. The van der Waals surface area contributed by atoms with Gasteiger partial charge in [-0.3, -0.25) is 4.79 Å². The zero-order valence-corrected chi connectivity index (χ0v) is 12.8. The van der Waals surface area contributed by atoms with Gasteiger partial charge in [-0.25, -0.2) is 0 Å². The molecule has 0 spiro atoms. The lowest BCUT2D eigenvalue weighted by atomic mass is 10.0. The van der Waals surface area contributed by atoms with Crippen molar-refractivity contribution in [1.29, 1.82) is 0 Å². The number of benzene rings is 1. The lowest BCUT2D eigenvalue weighted by molar-refractivity contribution is -0.116. The minimum atomic E-state index is 0.0834. The van der Waals surface area contributed by atoms with Crippen molar-refractivity contribution in [3.05, 3.63) is 23.8 Å². The summed E-state index contributed by atoms with van der Waals surface area (Å²) < 4.78 is 11.1. The van der Waals surface area contributed by atoms with E-state index in [2.05, 4.69) is 17.6 Å². The van der Waals surface area contributed by atoms with E-state index >= 15 is 0 Å². The van der Waals surface area contributed by atoms with Crippen LogP contribution in [-0.4, -0.2) is 38.8 Å². The normalized spacial score (nSPS) is 15.2. The highest BCUT2D eigenvalue weighted by atomic mass is 16.5. The molecule has 2 N–H and O–H groups in total. The van der Waals surface area contributed by atoms with Crippen LogP contribution in [-0.2, 0) is 16.0 Å². The predicted molar refractivity (Wildman–Crippen MR) is 82.8 cm³/mol. The molecule has 1 aliphatic rings. The van der Waals surface area contributed by atoms with Gasteiger partial charge >= 0.3 is 0 Å². The molecule has 0 bridgehead atoms. The van der Waals surface area contributed by atoms with E-state index in [4.69, 9.17) is 9.47 Å². The average Bonchev–Trinajstić information content (AvgIpc) is 2.50. The fraction of sp³-hybridized carbons (Fsp3) is 0.562. The van der Waals surface area contributed by atoms with E-state index < -0.39 is 0 Å². The van der Waals surface area contributed by atoms with Crippen molar-refractivity contribution >= 4 is 11.6 Å². The van der Waals surface area contributed by atoms with Gasteiger partial charge in [-0.05, 0) is 43.1 Å². The number of carbonyl (C=O) groups excluding carboxylic acids is 1. The van der Waals surface area contributed by atoms with Crippen LogP contribution in [0.2, 0.25) is 0 Å². The van der Waals surface area contributed by atoms with Gasteiger partial charge in [0.25, 0.3) is 0 Å². The molecule has 5 heteroatoms. The van der Waals surface area contributed by atoms with Crippen molar-refractivity contribution < 1.29 is 14.3 Å². The Hall–Kier alpha value is -1.59. The molecule has 0 saturated heterocycles. The van der Waals surface area contributed by atoms with E-state index in [0.29, 0.717) is 19.6 Å². The van der Waals surface area contributed by atoms with Gasteiger partial charge in [0, 0.05) is 19.2 Å². The number of nitrogens with one attached hydrogen (secondary N) is 2. The first kappa shape index (κ1) is 15.8. The van der Waals surface area contributed by atoms with Crippen molar-refractivity contribution in [2.75, 3.05) is 32.2 Å². The summed E-state index contributed by atoms with van der Waals surface area (Å²) in [5, 5.41) is 6.28. The molecule has 0 aromatic heterocycles. The second kappa shape index (κ2) is 8.00. The van der Waals surface area contributed by atoms with Crippen LogP contribution < -0.4 is 15.4 Å². The van der Waals surface area contributed by atoms with Crippen molar-refractivity contribution in [2.24, 2.45) is 0 Å². The molecule has 2 rings (SSSR count). The minimum absolute atomic E-state index is 0.0834. The van der Waals surface area contributed by atoms with E-state index in [-0.39, 0.29) is 11.9 Å². The molecule has 1 amide bonds. The third kappa shape index (κ3) is 4.72. The molecule has 0 radical (unpaired) electrons. The molecule has 116 valence electrons. The quantitative estimate of drug-likeness (QED) is 0.769. The van der Waals surface area contributed by atoms with E-state index in [1.54, 1.807) is 7.11 Å². The fourth-order valence-corrected chi connectivity index (χ4v) is 2.36. The Morgan fingerprint density at radius 3 is 2.95 bits per heavy atom. The van der Waals surface area contributed by atoms with Gasteiger partial charge in [0.1, 0.15) is 12.4 Å². The highest BCUT2D eigenvalue weighted by molar-refractivity contribution is 5.93. The van der Waals surface area contributed by atoms with Crippen molar-refractivity contribution in [3.63, 3.8) is 0 Å². The summed E-state index contributed by atoms with van der Waals surface area (Å²) in [6.45, 7) is 4.28. The Balaban J connectivity index is 1.91. The van der Waals surface area contributed by atoms with Gasteiger partial charge in [0.2, 0.25) is 5.91 Å². The topological polar surface area (TPSA) is 59.6 Å². The molecule has 0 aliphatic carbocycles. The monoisotopic (exact) mass is 292 g/mol. The first-order valence-electron chi connectivity index (χ1n) is 7.50. The van der Waals surface area contributed by atoms with Crippen LogP contribution in [0.1, 0.15) is 25.3 Å². The zero-order valence-electron chi connectivity index (χ0n) is 12.8. The maximum atomic E-state index is 11.3. The lowest BCUT2D eigenvalue weighted by Crippen LogP contribution is -2.38. The van der Waals surface area contributed by atoms with Crippen LogP contribution in [0.4, 0.5) is 5.69 Å². The number of hydrogen-bond acceptors (Lipinski definition) is 4. The van der Waals surface area contributed by atoms with Crippen LogP contribution >= 0.6 is 0 Å². The Bertz CT molecular complexity index is 477. The van der Waals surface area contributed by atoms with E-state index in [1.165, 1.54) is 0 Å². The zero-order chi connectivity index (χ0) is 15.1. The summed E-state index contributed by atoms with van der Waals surface area (Å²) in [6, 6.07) is 6.00. The van der Waals surface area contributed by atoms with Crippen LogP contribution in [0.5, 0.6) is 5.75 Å².